The number of thioether (sulfide) groups is 1. The van der Waals surface area contributed by atoms with Crippen LogP contribution in [0.15, 0.2) is 53.7 Å². The fraction of sp³-hybridized carbons (Fsp3) is 0.250. The van der Waals surface area contributed by atoms with Gasteiger partial charge in [0.1, 0.15) is 0 Å². The van der Waals surface area contributed by atoms with Gasteiger partial charge in [-0.25, -0.2) is 0 Å². The highest BCUT2D eigenvalue weighted by Crippen LogP contribution is 2.32. The lowest BCUT2D eigenvalue weighted by atomic mass is 10.2. The van der Waals surface area contributed by atoms with Gasteiger partial charge in [-0.3, -0.25) is 9.36 Å². The van der Waals surface area contributed by atoms with E-state index in [1.165, 1.54) is 11.8 Å². The van der Waals surface area contributed by atoms with E-state index < -0.39 is 0 Å². The summed E-state index contributed by atoms with van der Waals surface area (Å²) in [5, 5.41) is 12.2. The van der Waals surface area contributed by atoms with Gasteiger partial charge >= 0.3 is 0 Å². The van der Waals surface area contributed by atoms with Crippen molar-refractivity contribution < 1.29 is 14.3 Å². The number of anilines is 3. The van der Waals surface area contributed by atoms with Crippen LogP contribution in [-0.2, 0) is 11.3 Å². The van der Waals surface area contributed by atoms with Gasteiger partial charge in [-0.2, -0.15) is 0 Å². The molecule has 0 spiro atoms. The maximum atomic E-state index is 12.4. The van der Waals surface area contributed by atoms with Crippen LogP contribution in [0, 0.1) is 0 Å². The molecule has 3 aromatic rings. The van der Waals surface area contributed by atoms with Crippen LogP contribution in [0.3, 0.4) is 0 Å². The number of hydrogen-bond donors (Lipinski definition) is 1. The van der Waals surface area contributed by atoms with Crippen LogP contribution in [0.5, 0.6) is 11.5 Å². The van der Waals surface area contributed by atoms with Crippen LogP contribution in [0.4, 0.5) is 17.3 Å². The molecule has 2 aromatic carbocycles. The number of ether oxygens (including phenoxy) is 2. The quantitative estimate of drug-likeness (QED) is 0.598. The molecule has 0 unspecified atom stereocenters. The Hall–Kier alpha value is -3.20. The molecule has 1 N–H and O–H groups in total. The zero-order chi connectivity index (χ0) is 20.2. The zero-order valence-corrected chi connectivity index (χ0v) is 17.0. The number of carbonyl (C=O) groups is 1. The minimum atomic E-state index is -0.127. The first kappa shape index (κ1) is 19.1. The van der Waals surface area contributed by atoms with Crippen molar-refractivity contribution in [2.24, 2.45) is 0 Å². The summed E-state index contributed by atoms with van der Waals surface area (Å²) in [5.74, 6) is 2.09. The number of para-hydroxylation sites is 1. The van der Waals surface area contributed by atoms with E-state index in [0.29, 0.717) is 17.2 Å². The van der Waals surface area contributed by atoms with Crippen LogP contribution in [0.25, 0.3) is 0 Å². The van der Waals surface area contributed by atoms with Crippen LogP contribution in [-0.4, -0.2) is 47.2 Å². The molecule has 150 valence electrons. The summed E-state index contributed by atoms with van der Waals surface area (Å²) in [7, 11) is 3.13. The first-order valence-corrected chi connectivity index (χ1v) is 10.1. The third kappa shape index (κ3) is 4.00. The second-order valence-corrected chi connectivity index (χ2v) is 7.27. The monoisotopic (exact) mass is 411 g/mol. The summed E-state index contributed by atoms with van der Waals surface area (Å²) in [6.45, 7) is 1.62. The van der Waals surface area contributed by atoms with Crippen molar-refractivity contribution >= 4 is 35.0 Å². The first-order chi connectivity index (χ1) is 14.2. The van der Waals surface area contributed by atoms with Gasteiger partial charge in [0.2, 0.25) is 11.9 Å². The average Bonchev–Trinajstić information content (AvgIpc) is 3.35. The normalized spacial score (nSPS) is 12.6. The number of benzene rings is 2. The fourth-order valence-corrected chi connectivity index (χ4v) is 3.94. The van der Waals surface area contributed by atoms with E-state index in [1.807, 2.05) is 34.9 Å². The lowest BCUT2D eigenvalue weighted by molar-refractivity contribution is -0.113. The molecule has 0 radical (unpaired) electrons. The molecule has 4 rings (SSSR count). The second kappa shape index (κ2) is 8.44. The molecule has 0 bridgehead atoms. The van der Waals surface area contributed by atoms with Crippen molar-refractivity contribution in [3.05, 3.63) is 48.5 Å². The molecule has 9 heteroatoms. The average molecular weight is 411 g/mol. The summed E-state index contributed by atoms with van der Waals surface area (Å²) in [5.41, 5.74) is 1.73. The molecular weight excluding hydrogens is 390 g/mol. The highest BCUT2D eigenvalue weighted by atomic mass is 32.2. The number of nitrogens with zero attached hydrogens (tertiary/aromatic N) is 4. The predicted octanol–water partition coefficient (Wildman–Crippen LogP) is 3.18. The van der Waals surface area contributed by atoms with Gasteiger partial charge in [0.25, 0.3) is 0 Å². The van der Waals surface area contributed by atoms with Crippen LogP contribution in [0.2, 0.25) is 0 Å². The SMILES string of the molecule is COc1ccc(NC(=O)CSc2nnc3n2CCN3c2ccccc2)cc1OC. The van der Waals surface area contributed by atoms with E-state index in [9.17, 15) is 4.79 Å². The number of rotatable bonds is 7. The molecule has 1 aliphatic rings. The Bertz CT molecular complexity index is 1010. The Morgan fingerprint density at radius 2 is 1.86 bits per heavy atom. The molecule has 0 saturated heterocycles. The molecule has 0 aliphatic carbocycles. The van der Waals surface area contributed by atoms with Crippen molar-refractivity contribution in [1.29, 1.82) is 0 Å². The van der Waals surface area contributed by atoms with Gasteiger partial charge in [0, 0.05) is 30.5 Å². The lowest BCUT2D eigenvalue weighted by Gasteiger charge is -2.14. The molecule has 2 heterocycles. The van der Waals surface area contributed by atoms with Crippen molar-refractivity contribution in [3.63, 3.8) is 0 Å². The lowest BCUT2D eigenvalue weighted by Crippen LogP contribution is -2.15. The number of aromatic nitrogens is 3. The summed E-state index contributed by atoms with van der Waals surface area (Å²) >= 11 is 1.37. The summed E-state index contributed by atoms with van der Waals surface area (Å²) in [4.78, 5) is 14.5. The molecule has 29 heavy (non-hydrogen) atoms. The molecule has 0 atom stereocenters. The van der Waals surface area contributed by atoms with E-state index in [-0.39, 0.29) is 11.7 Å². The number of carbonyl (C=O) groups excluding carboxylic acids is 1. The zero-order valence-electron chi connectivity index (χ0n) is 16.2. The van der Waals surface area contributed by atoms with Gasteiger partial charge in [0.05, 0.1) is 20.0 Å². The Balaban J connectivity index is 1.39. The first-order valence-electron chi connectivity index (χ1n) is 9.10. The highest BCUT2D eigenvalue weighted by Gasteiger charge is 2.26. The Labute approximate surface area is 172 Å². The van der Waals surface area contributed by atoms with E-state index in [0.717, 1.165) is 29.9 Å². The number of hydrogen-bond acceptors (Lipinski definition) is 7. The number of methoxy groups -OCH3 is 2. The smallest absolute Gasteiger partial charge is 0.234 e. The molecular formula is C20H21N5O3S. The fourth-order valence-electron chi connectivity index (χ4n) is 3.18. The molecule has 0 saturated carbocycles. The van der Waals surface area contributed by atoms with Gasteiger partial charge in [-0.15, -0.1) is 10.2 Å². The third-order valence-electron chi connectivity index (χ3n) is 4.55. The number of nitrogens with one attached hydrogen (secondary N) is 1. The van der Waals surface area contributed by atoms with Gasteiger partial charge in [0.15, 0.2) is 16.7 Å². The third-order valence-corrected chi connectivity index (χ3v) is 5.52. The minimum absolute atomic E-state index is 0.127. The molecule has 0 fully saturated rings. The van der Waals surface area contributed by atoms with E-state index >= 15 is 0 Å². The molecule has 1 aromatic heterocycles. The van der Waals surface area contributed by atoms with Crippen LogP contribution >= 0.6 is 11.8 Å². The largest absolute Gasteiger partial charge is 0.493 e. The minimum Gasteiger partial charge on any atom is -0.493 e. The van der Waals surface area contributed by atoms with E-state index in [4.69, 9.17) is 9.47 Å². The molecule has 1 amide bonds. The van der Waals surface area contributed by atoms with Gasteiger partial charge < -0.3 is 19.7 Å². The second-order valence-electron chi connectivity index (χ2n) is 6.33. The Morgan fingerprint density at radius 3 is 2.62 bits per heavy atom. The molecule has 8 nitrogen and oxygen atoms in total. The highest BCUT2D eigenvalue weighted by molar-refractivity contribution is 7.99. The topological polar surface area (TPSA) is 81.5 Å². The Kier molecular flexibility index (Phi) is 5.57. The number of fused-ring (bicyclic) bond motifs is 1. The van der Waals surface area contributed by atoms with E-state index in [1.54, 1.807) is 32.4 Å². The van der Waals surface area contributed by atoms with Crippen molar-refractivity contribution in [2.75, 3.05) is 36.7 Å². The van der Waals surface area contributed by atoms with Crippen molar-refractivity contribution in [3.8, 4) is 11.5 Å². The standard InChI is InChI=1S/C20H21N5O3S/c1-27-16-9-8-14(12-17(16)28-2)21-18(26)13-29-20-23-22-19-24(10-11-25(19)20)15-6-4-3-5-7-15/h3-9,12H,10-11,13H2,1-2H3,(H,21,26). The van der Waals surface area contributed by atoms with E-state index in [2.05, 4.69) is 20.4 Å². The molecule has 1 aliphatic heterocycles. The maximum absolute atomic E-state index is 12.4. The number of amides is 1. The maximum Gasteiger partial charge on any atom is 0.234 e. The van der Waals surface area contributed by atoms with Crippen LogP contribution in [0.1, 0.15) is 0 Å². The van der Waals surface area contributed by atoms with Crippen molar-refractivity contribution in [1.82, 2.24) is 14.8 Å². The van der Waals surface area contributed by atoms with Crippen molar-refractivity contribution in [2.45, 2.75) is 11.7 Å². The predicted molar refractivity (Wildman–Crippen MR) is 112 cm³/mol. The summed E-state index contributed by atoms with van der Waals surface area (Å²) in [6, 6.07) is 15.4. The van der Waals surface area contributed by atoms with Gasteiger partial charge in [-0.05, 0) is 24.3 Å². The summed E-state index contributed by atoms with van der Waals surface area (Å²) in [6.07, 6.45) is 0. The Morgan fingerprint density at radius 1 is 1.07 bits per heavy atom. The summed E-state index contributed by atoms with van der Waals surface area (Å²) < 4.78 is 12.5. The van der Waals surface area contributed by atoms with Gasteiger partial charge in [-0.1, -0.05) is 30.0 Å². The van der Waals surface area contributed by atoms with Crippen LogP contribution < -0.4 is 19.7 Å².